The number of allylic oxidation sites excluding steroid dienone is 2. The normalized spacial score (nSPS) is 27.4. The van der Waals surface area contributed by atoms with Gasteiger partial charge in [-0.1, -0.05) is 71.8 Å². The van der Waals surface area contributed by atoms with Crippen LogP contribution in [0.15, 0.2) is 84.4 Å². The van der Waals surface area contributed by atoms with Crippen LogP contribution in [-0.2, 0) is 29.4 Å². The van der Waals surface area contributed by atoms with Gasteiger partial charge in [0.05, 0.1) is 36.0 Å². The third-order valence-electron chi connectivity index (χ3n) is 10.8. The lowest BCUT2D eigenvalue weighted by atomic mass is 9.49. The Hall–Kier alpha value is -5.45. The lowest BCUT2D eigenvalue weighted by Gasteiger charge is -2.50. The van der Waals surface area contributed by atoms with E-state index in [0.717, 1.165) is 10.6 Å². The molecule has 7 rings (SSSR count). The van der Waals surface area contributed by atoms with Gasteiger partial charge in [0.25, 0.3) is 11.8 Å². The Labute approximate surface area is 283 Å². The summed E-state index contributed by atoms with van der Waals surface area (Å²) in [5.74, 6) is -6.68. The molecule has 0 aromatic heterocycles. The third kappa shape index (κ3) is 4.90. The molecule has 1 saturated carbocycles. The SMILES string of the molecule is COc1cccc([C@H]2C3=CC[C@@H]4C(=O)N(CCCC(=O)O)C(=O)[C@@H]4[C@@H]3C[C@H]3C(=O)N(Nc4ccc(C)cc4)C(=O)[C@@]23c2ccccc2)c1O. The van der Waals surface area contributed by atoms with Crippen LogP contribution < -0.4 is 10.2 Å². The Morgan fingerprint density at radius 1 is 0.939 bits per heavy atom. The second-order valence-electron chi connectivity index (χ2n) is 13.3. The number of carbonyl (C=O) groups is 5. The number of methoxy groups -OCH3 is 1. The summed E-state index contributed by atoms with van der Waals surface area (Å²) in [5, 5.41) is 21.9. The van der Waals surface area contributed by atoms with Crippen LogP contribution in [0.25, 0.3) is 0 Å². The van der Waals surface area contributed by atoms with Crippen molar-refractivity contribution in [3.05, 3.63) is 101 Å². The highest BCUT2D eigenvalue weighted by Crippen LogP contribution is 2.65. The van der Waals surface area contributed by atoms with Crippen LogP contribution in [0, 0.1) is 30.6 Å². The molecule has 4 amide bonds. The number of rotatable bonds is 9. The van der Waals surface area contributed by atoms with Gasteiger partial charge in [0.2, 0.25) is 11.8 Å². The Kier molecular flexibility index (Phi) is 8.01. The number of carbonyl (C=O) groups excluding carboxylic acids is 4. The zero-order chi connectivity index (χ0) is 34.6. The van der Waals surface area contributed by atoms with Crippen LogP contribution >= 0.6 is 0 Å². The minimum Gasteiger partial charge on any atom is -0.504 e. The standard InChI is InChI=1S/C38H37N3O8/c1-21-13-15-23(16-14-21)39-41-35(46)28-20-27-24(17-18-25-31(27)36(47)40(34(25)45)19-7-12-30(42)43)32(26-10-6-11-29(49-2)33(26)44)38(28,37(41)48)22-8-4-3-5-9-22/h3-6,8-11,13-17,25,27-28,31-32,39,44H,7,12,18-20H2,1-2H3,(H,42,43)/t25-,27+,28-,31-,32+,38+/m0/s1. The number of para-hydroxylation sites is 1. The van der Waals surface area contributed by atoms with E-state index in [-0.39, 0.29) is 49.6 Å². The largest absolute Gasteiger partial charge is 0.504 e. The molecule has 3 aromatic carbocycles. The molecule has 2 aliphatic heterocycles. The van der Waals surface area contributed by atoms with E-state index in [2.05, 4.69) is 5.43 Å². The highest BCUT2D eigenvalue weighted by Gasteiger charge is 2.70. The van der Waals surface area contributed by atoms with Crippen molar-refractivity contribution in [3.8, 4) is 11.5 Å². The Morgan fingerprint density at radius 2 is 1.67 bits per heavy atom. The van der Waals surface area contributed by atoms with E-state index in [1.807, 2.05) is 55.5 Å². The maximum absolute atomic E-state index is 15.2. The lowest BCUT2D eigenvalue weighted by Crippen LogP contribution is -2.53. The second-order valence-corrected chi connectivity index (χ2v) is 13.3. The molecule has 4 aliphatic rings. The van der Waals surface area contributed by atoms with Gasteiger partial charge in [-0.3, -0.25) is 34.3 Å². The van der Waals surface area contributed by atoms with Crippen LogP contribution in [-0.4, -0.2) is 63.4 Å². The van der Waals surface area contributed by atoms with Crippen molar-refractivity contribution in [1.29, 1.82) is 0 Å². The predicted molar refractivity (Wildman–Crippen MR) is 177 cm³/mol. The predicted octanol–water partition coefficient (Wildman–Crippen LogP) is 4.56. The van der Waals surface area contributed by atoms with Gasteiger partial charge in [-0.05, 0) is 55.9 Å². The van der Waals surface area contributed by atoms with E-state index in [1.54, 1.807) is 30.3 Å². The smallest absolute Gasteiger partial charge is 0.303 e. The third-order valence-corrected chi connectivity index (χ3v) is 10.8. The van der Waals surface area contributed by atoms with Crippen molar-refractivity contribution in [2.24, 2.45) is 23.7 Å². The molecule has 11 heteroatoms. The molecule has 2 heterocycles. The van der Waals surface area contributed by atoms with Crippen molar-refractivity contribution in [2.45, 2.75) is 43.9 Å². The minimum absolute atomic E-state index is 0.0117. The number of carboxylic acid groups (broad SMARTS) is 1. The van der Waals surface area contributed by atoms with E-state index >= 15 is 4.79 Å². The summed E-state index contributed by atoms with van der Waals surface area (Å²) < 4.78 is 5.50. The highest BCUT2D eigenvalue weighted by molar-refractivity contribution is 6.13. The number of benzene rings is 3. The summed E-state index contributed by atoms with van der Waals surface area (Å²) in [6.45, 7) is 1.92. The van der Waals surface area contributed by atoms with E-state index < -0.39 is 58.7 Å². The molecule has 2 saturated heterocycles. The minimum atomic E-state index is -1.53. The Balaban J connectivity index is 1.41. The number of amides is 4. The highest BCUT2D eigenvalue weighted by atomic mass is 16.5. The van der Waals surface area contributed by atoms with Gasteiger partial charge in [0.1, 0.15) is 0 Å². The van der Waals surface area contributed by atoms with E-state index in [1.165, 1.54) is 12.0 Å². The molecule has 0 radical (unpaired) electrons. The van der Waals surface area contributed by atoms with Crippen molar-refractivity contribution >= 4 is 35.3 Å². The quantitative estimate of drug-likeness (QED) is 0.221. The number of ether oxygens (including phenoxy) is 1. The number of likely N-dealkylation sites (tertiary alicyclic amines) is 1. The van der Waals surface area contributed by atoms with Gasteiger partial charge in [0, 0.05) is 24.4 Å². The first-order valence-corrected chi connectivity index (χ1v) is 16.5. The number of nitrogens with zero attached hydrogens (tertiary/aromatic N) is 2. The number of fused-ring (bicyclic) bond motifs is 4. The topological polar surface area (TPSA) is 154 Å². The number of phenolic OH excluding ortho intramolecular Hbond substituents is 1. The average molecular weight is 664 g/mol. The molecule has 3 fully saturated rings. The fourth-order valence-corrected chi connectivity index (χ4v) is 8.70. The summed E-state index contributed by atoms with van der Waals surface area (Å²) in [6.07, 6.45) is 2.20. The van der Waals surface area contributed by atoms with Gasteiger partial charge in [-0.2, -0.15) is 5.01 Å². The fourth-order valence-electron chi connectivity index (χ4n) is 8.70. The van der Waals surface area contributed by atoms with E-state index in [9.17, 15) is 24.3 Å². The number of hydrazine groups is 1. The Bertz CT molecular complexity index is 1890. The number of carboxylic acids is 1. The first-order chi connectivity index (χ1) is 23.6. The number of aliphatic carboxylic acids is 1. The fraction of sp³-hybridized carbons (Fsp3) is 0.342. The zero-order valence-electron chi connectivity index (χ0n) is 27.2. The number of nitrogens with one attached hydrogen (secondary N) is 1. The van der Waals surface area contributed by atoms with E-state index in [4.69, 9.17) is 9.84 Å². The van der Waals surface area contributed by atoms with Crippen molar-refractivity contribution in [3.63, 3.8) is 0 Å². The van der Waals surface area contributed by atoms with Crippen LogP contribution in [0.1, 0.15) is 48.3 Å². The second kappa shape index (κ2) is 12.2. The zero-order valence-corrected chi connectivity index (χ0v) is 27.2. The van der Waals surface area contributed by atoms with Gasteiger partial charge < -0.3 is 14.9 Å². The monoisotopic (exact) mass is 663 g/mol. The molecule has 6 atom stereocenters. The summed E-state index contributed by atoms with van der Waals surface area (Å²) in [7, 11) is 1.43. The first-order valence-electron chi connectivity index (χ1n) is 16.5. The van der Waals surface area contributed by atoms with Gasteiger partial charge in [0.15, 0.2) is 11.5 Å². The molecule has 0 spiro atoms. The molecular formula is C38H37N3O8. The number of aryl methyl sites for hydroxylation is 1. The van der Waals surface area contributed by atoms with Gasteiger partial charge >= 0.3 is 5.97 Å². The Morgan fingerprint density at radius 3 is 2.37 bits per heavy atom. The number of anilines is 1. The molecule has 3 aromatic rings. The van der Waals surface area contributed by atoms with Crippen molar-refractivity contribution in [2.75, 3.05) is 19.1 Å². The first kappa shape index (κ1) is 32.1. The van der Waals surface area contributed by atoms with Crippen LogP contribution in [0.5, 0.6) is 11.5 Å². The summed E-state index contributed by atoms with van der Waals surface area (Å²) in [4.78, 5) is 69.9. The number of hydrogen-bond donors (Lipinski definition) is 3. The average Bonchev–Trinajstić information content (AvgIpc) is 3.47. The number of phenols is 1. The molecule has 0 bridgehead atoms. The maximum atomic E-state index is 15.2. The molecule has 252 valence electrons. The lowest BCUT2D eigenvalue weighted by molar-refractivity contribution is -0.142. The van der Waals surface area contributed by atoms with Crippen LogP contribution in [0.3, 0.4) is 0 Å². The summed E-state index contributed by atoms with van der Waals surface area (Å²) in [6, 6.07) is 21.4. The summed E-state index contributed by atoms with van der Waals surface area (Å²) >= 11 is 0. The van der Waals surface area contributed by atoms with Gasteiger partial charge in [-0.15, -0.1) is 0 Å². The van der Waals surface area contributed by atoms with Crippen LogP contribution in [0.2, 0.25) is 0 Å². The molecule has 49 heavy (non-hydrogen) atoms. The van der Waals surface area contributed by atoms with Gasteiger partial charge in [-0.25, -0.2) is 0 Å². The van der Waals surface area contributed by atoms with Crippen molar-refractivity contribution < 1.29 is 38.9 Å². The molecule has 0 unspecified atom stereocenters. The number of hydrogen-bond acceptors (Lipinski definition) is 8. The van der Waals surface area contributed by atoms with Crippen LogP contribution in [0.4, 0.5) is 5.69 Å². The molecule has 2 aliphatic carbocycles. The molecule has 3 N–H and O–H groups in total. The number of imide groups is 2. The molecule has 11 nitrogen and oxygen atoms in total. The maximum Gasteiger partial charge on any atom is 0.303 e. The van der Waals surface area contributed by atoms with E-state index in [0.29, 0.717) is 22.4 Å². The van der Waals surface area contributed by atoms with Crippen molar-refractivity contribution in [1.82, 2.24) is 9.91 Å². The summed E-state index contributed by atoms with van der Waals surface area (Å²) in [5.41, 5.74) is 4.75. The number of aromatic hydroxyl groups is 1. The molecular weight excluding hydrogens is 626 g/mol.